The van der Waals surface area contributed by atoms with Gasteiger partial charge in [-0.1, -0.05) is 5.21 Å². The van der Waals surface area contributed by atoms with Crippen molar-refractivity contribution in [3.8, 4) is 0 Å². The van der Waals surface area contributed by atoms with Crippen LogP contribution in [0.3, 0.4) is 0 Å². The molecule has 0 aromatic carbocycles. The number of ether oxygens (including phenoxy) is 1. The van der Waals surface area contributed by atoms with Crippen molar-refractivity contribution in [1.82, 2.24) is 25.0 Å². The Bertz CT molecular complexity index is 716. The number of nitrogens with two attached hydrogens (primary N) is 1. The fraction of sp³-hybridized carbons (Fsp3) is 0.462. The number of hydrogen-bond donors (Lipinski definition) is 1. The smallest absolute Gasteiger partial charge is 0.268 e. The zero-order valence-corrected chi connectivity index (χ0v) is 11.8. The molecule has 0 saturated carbocycles. The summed E-state index contributed by atoms with van der Waals surface area (Å²) in [7, 11) is 0. The summed E-state index contributed by atoms with van der Waals surface area (Å²) in [5, 5.41) is 8.12. The fourth-order valence-corrected chi connectivity index (χ4v) is 3.01. The number of hydrogen-bond acceptors (Lipinski definition) is 7. The molecule has 22 heavy (non-hydrogen) atoms. The van der Waals surface area contributed by atoms with E-state index >= 15 is 0 Å². The van der Waals surface area contributed by atoms with Crippen LogP contribution in [0.15, 0.2) is 18.6 Å². The number of rotatable bonds is 2. The Morgan fingerprint density at radius 1 is 1.36 bits per heavy atom. The summed E-state index contributed by atoms with van der Waals surface area (Å²) in [6, 6.07) is 0.0824. The van der Waals surface area contributed by atoms with Crippen molar-refractivity contribution in [1.29, 1.82) is 0 Å². The number of nitrogens with zero attached hydrogens (tertiary/aromatic N) is 6. The molecular formula is C13H15N7O2. The molecule has 2 N–H and O–H groups in total. The van der Waals surface area contributed by atoms with E-state index in [1.807, 2.05) is 4.68 Å². The van der Waals surface area contributed by atoms with Crippen LogP contribution < -0.4 is 10.6 Å². The zero-order valence-electron chi connectivity index (χ0n) is 11.8. The van der Waals surface area contributed by atoms with Gasteiger partial charge in [-0.05, 0) is 6.42 Å². The normalized spacial score (nSPS) is 23.7. The van der Waals surface area contributed by atoms with E-state index in [2.05, 4.69) is 25.2 Å². The van der Waals surface area contributed by atoms with Crippen LogP contribution in [-0.4, -0.2) is 50.1 Å². The molecule has 0 aliphatic carbocycles. The van der Waals surface area contributed by atoms with Gasteiger partial charge in [-0.25, -0.2) is 9.67 Å². The quantitative estimate of drug-likeness (QED) is 0.797. The molecule has 4 heterocycles. The maximum absolute atomic E-state index is 11.3. The van der Waals surface area contributed by atoms with E-state index in [0.717, 1.165) is 18.7 Å². The number of fused-ring (bicyclic) bond motifs is 3. The molecule has 2 atom stereocenters. The summed E-state index contributed by atoms with van der Waals surface area (Å²) < 4.78 is 7.80. The second kappa shape index (κ2) is 5.02. The average Bonchev–Trinajstić information content (AvgIpc) is 3.03. The second-order valence-corrected chi connectivity index (χ2v) is 5.45. The number of carbonyl (C=O) groups is 1. The largest absolute Gasteiger partial charge is 0.370 e. The molecule has 2 aromatic heterocycles. The molecule has 0 radical (unpaired) electrons. The lowest BCUT2D eigenvalue weighted by atomic mass is 10.0. The number of carbonyl (C=O) groups excluding carboxylic acids is 1. The van der Waals surface area contributed by atoms with Crippen molar-refractivity contribution in [2.75, 3.05) is 18.0 Å². The lowest BCUT2D eigenvalue weighted by molar-refractivity contribution is -0.0373. The Morgan fingerprint density at radius 2 is 2.27 bits per heavy atom. The Kier molecular flexibility index (Phi) is 3.00. The van der Waals surface area contributed by atoms with E-state index in [4.69, 9.17) is 10.5 Å². The molecule has 114 valence electrons. The molecule has 2 aliphatic heterocycles. The average molecular weight is 301 g/mol. The fourth-order valence-electron chi connectivity index (χ4n) is 3.01. The molecule has 9 nitrogen and oxygen atoms in total. The van der Waals surface area contributed by atoms with E-state index in [-0.39, 0.29) is 17.8 Å². The molecule has 0 bridgehead atoms. The predicted octanol–water partition coefficient (Wildman–Crippen LogP) is -0.483. The van der Waals surface area contributed by atoms with Crippen molar-refractivity contribution in [3.63, 3.8) is 0 Å². The Morgan fingerprint density at radius 3 is 3.14 bits per heavy atom. The number of primary amides is 1. The van der Waals surface area contributed by atoms with Gasteiger partial charge in [0, 0.05) is 13.1 Å². The molecule has 1 saturated heterocycles. The maximum atomic E-state index is 11.3. The van der Waals surface area contributed by atoms with Crippen molar-refractivity contribution >= 4 is 11.7 Å². The standard InChI is InChI=1S/C13H15N7O2/c14-13(21)9-4-15-5-12(17-9)19-2-1-11-10(6-19)20-8(7-22-11)3-16-18-20/h3-5,10-11H,1-2,6-7H2,(H2,14,21)/t10-,11+/m0/s1. The zero-order chi connectivity index (χ0) is 15.1. The highest BCUT2D eigenvalue weighted by atomic mass is 16.5. The van der Waals surface area contributed by atoms with Crippen molar-refractivity contribution in [2.45, 2.75) is 25.2 Å². The highest BCUT2D eigenvalue weighted by molar-refractivity contribution is 5.90. The van der Waals surface area contributed by atoms with Crippen LogP contribution >= 0.6 is 0 Å². The number of amides is 1. The second-order valence-electron chi connectivity index (χ2n) is 5.45. The first-order chi connectivity index (χ1) is 10.7. The van der Waals surface area contributed by atoms with Gasteiger partial charge < -0.3 is 15.4 Å². The summed E-state index contributed by atoms with van der Waals surface area (Å²) in [6.07, 6.45) is 5.71. The van der Waals surface area contributed by atoms with Crippen molar-refractivity contribution in [2.24, 2.45) is 5.73 Å². The van der Waals surface area contributed by atoms with Crippen LogP contribution in [0.2, 0.25) is 0 Å². The molecule has 2 aromatic rings. The molecule has 1 amide bonds. The number of aromatic nitrogens is 5. The summed E-state index contributed by atoms with van der Waals surface area (Å²) >= 11 is 0. The molecule has 9 heteroatoms. The molecular weight excluding hydrogens is 286 g/mol. The SMILES string of the molecule is NC(=O)c1cncc(N2CC[C@H]3OCc4cnnn4[C@H]3C2)n1. The predicted molar refractivity (Wildman–Crippen MR) is 75.0 cm³/mol. The summed E-state index contributed by atoms with van der Waals surface area (Å²) in [6.45, 7) is 2.01. The van der Waals surface area contributed by atoms with E-state index in [1.54, 1.807) is 12.4 Å². The first-order valence-electron chi connectivity index (χ1n) is 7.10. The van der Waals surface area contributed by atoms with E-state index in [9.17, 15) is 4.79 Å². The molecule has 1 fully saturated rings. The minimum atomic E-state index is -0.580. The highest BCUT2D eigenvalue weighted by Crippen LogP contribution is 2.31. The van der Waals surface area contributed by atoms with Crippen LogP contribution in [0, 0.1) is 0 Å². The van der Waals surface area contributed by atoms with E-state index in [0.29, 0.717) is 19.0 Å². The van der Waals surface area contributed by atoms with Gasteiger partial charge in [0.05, 0.1) is 43.0 Å². The first-order valence-corrected chi connectivity index (χ1v) is 7.10. The Hall–Kier alpha value is -2.55. The molecule has 2 aliphatic rings. The lowest BCUT2D eigenvalue weighted by Crippen LogP contribution is -2.48. The van der Waals surface area contributed by atoms with Gasteiger partial charge in [-0.3, -0.25) is 9.78 Å². The highest BCUT2D eigenvalue weighted by Gasteiger charge is 2.36. The maximum Gasteiger partial charge on any atom is 0.268 e. The van der Waals surface area contributed by atoms with E-state index < -0.39 is 5.91 Å². The molecule has 0 spiro atoms. The Labute approximate surface area is 126 Å². The molecule has 4 rings (SSSR count). The van der Waals surface area contributed by atoms with Crippen LogP contribution in [0.25, 0.3) is 0 Å². The van der Waals surface area contributed by atoms with Gasteiger partial charge in [0.15, 0.2) is 0 Å². The van der Waals surface area contributed by atoms with Crippen molar-refractivity contribution in [3.05, 3.63) is 30.0 Å². The van der Waals surface area contributed by atoms with Gasteiger partial charge in [-0.2, -0.15) is 0 Å². The summed E-state index contributed by atoms with van der Waals surface area (Å²) in [4.78, 5) is 21.7. The van der Waals surface area contributed by atoms with Crippen LogP contribution in [-0.2, 0) is 11.3 Å². The summed E-state index contributed by atoms with van der Waals surface area (Å²) in [5.41, 5.74) is 6.41. The van der Waals surface area contributed by atoms with Crippen LogP contribution in [0.1, 0.15) is 28.6 Å². The third-order valence-corrected chi connectivity index (χ3v) is 4.13. The topological polar surface area (TPSA) is 112 Å². The minimum absolute atomic E-state index is 0.0824. The van der Waals surface area contributed by atoms with Gasteiger partial charge in [-0.15, -0.1) is 5.10 Å². The first kappa shape index (κ1) is 13.1. The van der Waals surface area contributed by atoms with Crippen molar-refractivity contribution < 1.29 is 9.53 Å². The van der Waals surface area contributed by atoms with Gasteiger partial charge >= 0.3 is 0 Å². The van der Waals surface area contributed by atoms with Crippen LogP contribution in [0.5, 0.6) is 0 Å². The minimum Gasteiger partial charge on any atom is -0.370 e. The number of piperidine rings is 1. The van der Waals surface area contributed by atoms with Gasteiger partial charge in [0.2, 0.25) is 0 Å². The van der Waals surface area contributed by atoms with E-state index in [1.165, 1.54) is 6.20 Å². The van der Waals surface area contributed by atoms with Gasteiger partial charge in [0.25, 0.3) is 5.91 Å². The lowest BCUT2D eigenvalue weighted by Gasteiger charge is -2.41. The number of anilines is 1. The van der Waals surface area contributed by atoms with Gasteiger partial charge in [0.1, 0.15) is 11.5 Å². The summed E-state index contributed by atoms with van der Waals surface area (Å²) in [5.74, 6) is 0.0609. The third-order valence-electron chi connectivity index (χ3n) is 4.13. The van der Waals surface area contributed by atoms with Crippen LogP contribution in [0.4, 0.5) is 5.82 Å². The third kappa shape index (κ3) is 2.10. The molecule has 0 unspecified atom stereocenters. The Balaban J connectivity index is 1.61. The monoisotopic (exact) mass is 301 g/mol.